The van der Waals surface area contributed by atoms with E-state index in [1.165, 1.54) is 11.0 Å². The number of nitro groups is 1. The van der Waals surface area contributed by atoms with Crippen LogP contribution in [0.3, 0.4) is 0 Å². The molecule has 2 N–H and O–H groups in total. The summed E-state index contributed by atoms with van der Waals surface area (Å²) in [6, 6.07) is 2.99. The van der Waals surface area contributed by atoms with Crippen molar-refractivity contribution in [2.24, 2.45) is 5.73 Å². The molecule has 0 bridgehead atoms. The Hall–Kier alpha value is -1.95. The maximum atomic E-state index is 11.8. The first-order chi connectivity index (χ1) is 8.40. The van der Waals surface area contributed by atoms with Gasteiger partial charge in [0.25, 0.3) is 5.69 Å². The summed E-state index contributed by atoms with van der Waals surface area (Å²) >= 11 is 0. The van der Waals surface area contributed by atoms with Crippen LogP contribution < -0.4 is 10.6 Å². The predicted octanol–water partition coefficient (Wildman–Crippen LogP) is 1.28. The highest BCUT2D eigenvalue weighted by molar-refractivity contribution is 5.97. The van der Waals surface area contributed by atoms with Crippen molar-refractivity contribution in [1.29, 1.82) is 0 Å². The first-order valence-electron chi connectivity index (χ1n) is 5.71. The van der Waals surface area contributed by atoms with E-state index in [0.717, 1.165) is 5.56 Å². The van der Waals surface area contributed by atoms with E-state index in [0.29, 0.717) is 24.2 Å². The molecule has 0 spiro atoms. The van der Waals surface area contributed by atoms with Crippen LogP contribution in [0.25, 0.3) is 0 Å². The fourth-order valence-corrected chi connectivity index (χ4v) is 2.29. The van der Waals surface area contributed by atoms with Crippen LogP contribution in [-0.4, -0.2) is 23.4 Å². The highest BCUT2D eigenvalue weighted by Crippen LogP contribution is 2.31. The summed E-state index contributed by atoms with van der Waals surface area (Å²) in [6.45, 7) is 3.94. The SMILES string of the molecule is Cc1cc(C)c([N+](=O)[O-])cc1N1CC(N)CC1=O. The summed E-state index contributed by atoms with van der Waals surface area (Å²) in [5, 5.41) is 10.9. The zero-order chi connectivity index (χ0) is 13.4. The molecule has 2 rings (SSSR count). The zero-order valence-corrected chi connectivity index (χ0v) is 10.3. The molecular weight excluding hydrogens is 234 g/mol. The van der Waals surface area contributed by atoms with Crippen LogP contribution in [0, 0.1) is 24.0 Å². The lowest BCUT2D eigenvalue weighted by Gasteiger charge is -2.19. The number of amides is 1. The minimum absolute atomic E-state index is 0.0314. The highest BCUT2D eigenvalue weighted by atomic mass is 16.6. The fraction of sp³-hybridized carbons (Fsp3) is 0.417. The number of benzene rings is 1. The first-order valence-corrected chi connectivity index (χ1v) is 5.71. The van der Waals surface area contributed by atoms with E-state index < -0.39 is 4.92 Å². The average molecular weight is 249 g/mol. The third-order valence-electron chi connectivity index (χ3n) is 3.16. The number of hydrogen-bond donors (Lipinski definition) is 1. The van der Waals surface area contributed by atoms with Crippen LogP contribution in [0.2, 0.25) is 0 Å². The number of carbonyl (C=O) groups excluding carboxylic acids is 1. The zero-order valence-electron chi connectivity index (χ0n) is 10.3. The summed E-state index contributed by atoms with van der Waals surface area (Å²) in [5.74, 6) is -0.0799. The molecule has 1 aliphatic heterocycles. The van der Waals surface area contributed by atoms with E-state index in [-0.39, 0.29) is 17.6 Å². The number of carbonyl (C=O) groups is 1. The van der Waals surface area contributed by atoms with Crippen LogP contribution in [0.15, 0.2) is 12.1 Å². The number of nitrogens with zero attached hydrogens (tertiary/aromatic N) is 2. The standard InChI is InChI=1S/C12H15N3O3/c1-7-3-8(2)11(15(17)18)5-10(7)14-6-9(13)4-12(14)16/h3,5,9H,4,6,13H2,1-2H3. The van der Waals surface area contributed by atoms with Gasteiger partial charge in [-0.3, -0.25) is 14.9 Å². The molecule has 18 heavy (non-hydrogen) atoms. The Labute approximate surface area is 105 Å². The van der Waals surface area contributed by atoms with Crippen molar-refractivity contribution in [3.8, 4) is 0 Å². The van der Waals surface area contributed by atoms with Crippen molar-refractivity contribution in [2.75, 3.05) is 11.4 Å². The molecule has 1 fully saturated rings. The Balaban J connectivity index is 2.48. The molecule has 1 amide bonds. The molecule has 0 saturated carbocycles. The molecule has 1 aliphatic rings. The largest absolute Gasteiger partial charge is 0.326 e. The van der Waals surface area contributed by atoms with E-state index in [2.05, 4.69) is 0 Å². The van der Waals surface area contributed by atoms with Gasteiger partial charge in [0.05, 0.1) is 10.6 Å². The van der Waals surface area contributed by atoms with E-state index in [1.54, 1.807) is 13.0 Å². The summed E-state index contributed by atoms with van der Waals surface area (Å²) in [7, 11) is 0. The lowest BCUT2D eigenvalue weighted by atomic mass is 10.1. The fourth-order valence-electron chi connectivity index (χ4n) is 2.29. The number of rotatable bonds is 2. The molecule has 0 radical (unpaired) electrons. The summed E-state index contributed by atoms with van der Waals surface area (Å²) in [5.41, 5.74) is 7.80. The van der Waals surface area contributed by atoms with Crippen molar-refractivity contribution in [2.45, 2.75) is 26.3 Å². The Bertz CT molecular complexity index is 528. The molecule has 96 valence electrons. The maximum Gasteiger partial charge on any atom is 0.274 e. The molecule has 0 aromatic heterocycles. The van der Waals surface area contributed by atoms with Gasteiger partial charge in [-0.25, -0.2) is 0 Å². The number of nitrogens with two attached hydrogens (primary N) is 1. The van der Waals surface area contributed by atoms with Crippen molar-refractivity contribution in [1.82, 2.24) is 0 Å². The topological polar surface area (TPSA) is 89.5 Å². The number of anilines is 1. The average Bonchev–Trinajstić information content (AvgIpc) is 2.57. The monoisotopic (exact) mass is 249 g/mol. The number of nitro benzene ring substituents is 1. The van der Waals surface area contributed by atoms with Crippen LogP contribution in [-0.2, 0) is 4.79 Å². The third-order valence-corrected chi connectivity index (χ3v) is 3.16. The van der Waals surface area contributed by atoms with Gasteiger partial charge < -0.3 is 10.6 Å². The Morgan fingerprint density at radius 2 is 2.06 bits per heavy atom. The lowest BCUT2D eigenvalue weighted by molar-refractivity contribution is -0.385. The maximum absolute atomic E-state index is 11.8. The smallest absolute Gasteiger partial charge is 0.274 e. The highest BCUT2D eigenvalue weighted by Gasteiger charge is 2.30. The third kappa shape index (κ3) is 2.06. The summed E-state index contributed by atoms with van der Waals surface area (Å²) < 4.78 is 0. The Morgan fingerprint density at radius 1 is 1.39 bits per heavy atom. The number of hydrogen-bond acceptors (Lipinski definition) is 4. The van der Waals surface area contributed by atoms with Crippen LogP contribution in [0.4, 0.5) is 11.4 Å². The quantitative estimate of drug-likeness (QED) is 0.631. The molecule has 1 aromatic rings. The van der Waals surface area contributed by atoms with Gasteiger partial charge in [0.15, 0.2) is 0 Å². The van der Waals surface area contributed by atoms with E-state index in [1.807, 2.05) is 6.92 Å². The van der Waals surface area contributed by atoms with Crippen molar-refractivity contribution in [3.05, 3.63) is 33.4 Å². The van der Waals surface area contributed by atoms with Gasteiger partial charge in [-0.15, -0.1) is 0 Å². The lowest BCUT2D eigenvalue weighted by Crippen LogP contribution is -2.28. The van der Waals surface area contributed by atoms with Gasteiger partial charge in [0, 0.05) is 30.6 Å². The predicted molar refractivity (Wildman–Crippen MR) is 67.5 cm³/mol. The van der Waals surface area contributed by atoms with Gasteiger partial charge >= 0.3 is 0 Å². The molecule has 0 aliphatic carbocycles. The van der Waals surface area contributed by atoms with Crippen LogP contribution in [0.5, 0.6) is 0 Å². The van der Waals surface area contributed by atoms with Gasteiger partial charge in [-0.05, 0) is 25.5 Å². The van der Waals surface area contributed by atoms with Gasteiger partial charge in [-0.2, -0.15) is 0 Å². The minimum Gasteiger partial charge on any atom is -0.326 e. The van der Waals surface area contributed by atoms with Crippen LogP contribution >= 0.6 is 0 Å². The molecule has 1 unspecified atom stereocenters. The molecule has 1 heterocycles. The summed E-state index contributed by atoms with van der Waals surface area (Å²) in [4.78, 5) is 23.8. The van der Waals surface area contributed by atoms with E-state index in [9.17, 15) is 14.9 Å². The second kappa shape index (κ2) is 4.38. The molecule has 1 saturated heterocycles. The van der Waals surface area contributed by atoms with Gasteiger partial charge in [-0.1, -0.05) is 0 Å². The Morgan fingerprint density at radius 3 is 2.56 bits per heavy atom. The van der Waals surface area contributed by atoms with E-state index >= 15 is 0 Å². The molecule has 1 atom stereocenters. The van der Waals surface area contributed by atoms with Crippen molar-refractivity contribution >= 4 is 17.3 Å². The van der Waals surface area contributed by atoms with Gasteiger partial charge in [0.1, 0.15) is 0 Å². The molecule has 6 nitrogen and oxygen atoms in total. The first kappa shape index (κ1) is 12.5. The second-order valence-electron chi connectivity index (χ2n) is 4.65. The molecule has 1 aromatic carbocycles. The van der Waals surface area contributed by atoms with E-state index in [4.69, 9.17) is 5.73 Å². The normalized spacial score (nSPS) is 19.4. The van der Waals surface area contributed by atoms with Crippen molar-refractivity contribution in [3.63, 3.8) is 0 Å². The Kier molecular flexibility index (Phi) is 3.04. The number of aryl methyl sites for hydroxylation is 2. The molecular formula is C12H15N3O3. The van der Waals surface area contributed by atoms with Crippen LogP contribution in [0.1, 0.15) is 17.5 Å². The minimum atomic E-state index is -0.432. The molecule has 6 heteroatoms. The summed E-state index contributed by atoms with van der Waals surface area (Å²) in [6.07, 6.45) is 0.293. The van der Waals surface area contributed by atoms with Gasteiger partial charge in [0.2, 0.25) is 5.91 Å². The van der Waals surface area contributed by atoms with Crippen molar-refractivity contribution < 1.29 is 9.72 Å². The second-order valence-corrected chi connectivity index (χ2v) is 4.65.